The molecule has 0 saturated carbocycles. The second-order valence-electron chi connectivity index (χ2n) is 2.80. The maximum Gasteiger partial charge on any atom is 0.553 e. The highest BCUT2D eigenvalue weighted by Crippen LogP contribution is 2.39. The molecule has 0 bridgehead atoms. The Bertz CT molecular complexity index is 333. The van der Waals surface area contributed by atoms with Gasteiger partial charge >= 0.3 is 6.87 Å². The van der Waals surface area contributed by atoms with Crippen LogP contribution in [-0.2, 0) is 4.57 Å². The number of pyridine rings is 1. The minimum atomic E-state index is -3.70. The molecule has 0 aliphatic heterocycles. The predicted octanol–water partition coefficient (Wildman–Crippen LogP) is 1.23. The summed E-state index contributed by atoms with van der Waals surface area (Å²) < 4.78 is 12.1. The minimum absolute atomic E-state index is 0.946. The van der Waals surface area contributed by atoms with Gasteiger partial charge in [-0.15, -0.1) is 4.34 Å². The predicted molar refractivity (Wildman–Crippen MR) is 52.0 cm³/mol. The van der Waals surface area contributed by atoms with Crippen LogP contribution in [0.4, 0.5) is 5.69 Å². The van der Waals surface area contributed by atoms with Gasteiger partial charge in [0, 0.05) is 43.2 Å². The average Bonchev–Trinajstić information content (AvgIpc) is 2.03. The van der Waals surface area contributed by atoms with E-state index in [-0.39, 0.29) is 0 Å². The van der Waals surface area contributed by atoms with Crippen molar-refractivity contribution < 1.29 is 13.8 Å². The molecule has 0 aliphatic rings. The topological polar surface area (TPSA) is 44.4 Å². The third-order valence-corrected chi connectivity index (χ3v) is 2.96. The van der Waals surface area contributed by atoms with E-state index in [0.717, 1.165) is 10.0 Å². The fourth-order valence-corrected chi connectivity index (χ4v) is 1.64. The monoisotopic (exact) mass is 221 g/mol. The van der Waals surface area contributed by atoms with E-state index in [1.165, 1.54) is 12.4 Å². The van der Waals surface area contributed by atoms with E-state index in [4.69, 9.17) is 16.1 Å². The molecular formula is C7H11ClN2O2P+. The Balaban J connectivity index is 3.01. The van der Waals surface area contributed by atoms with Crippen LogP contribution >= 0.6 is 18.1 Å². The van der Waals surface area contributed by atoms with E-state index in [1.54, 1.807) is 12.1 Å². The minimum Gasteiger partial charge on any atom is -0.377 e. The van der Waals surface area contributed by atoms with Crippen LogP contribution < -0.4 is 9.24 Å². The lowest BCUT2D eigenvalue weighted by Gasteiger charge is -2.10. The van der Waals surface area contributed by atoms with E-state index < -0.39 is 6.87 Å². The van der Waals surface area contributed by atoms with Crippen LogP contribution in [0.2, 0.25) is 0 Å². The molecule has 1 unspecified atom stereocenters. The second kappa shape index (κ2) is 3.66. The Morgan fingerprint density at radius 1 is 1.46 bits per heavy atom. The molecule has 1 N–H and O–H groups in total. The highest BCUT2D eigenvalue weighted by Gasteiger charge is 2.26. The normalized spacial score (nSPS) is 15.1. The lowest BCUT2D eigenvalue weighted by atomic mass is 10.4. The summed E-state index contributed by atoms with van der Waals surface area (Å²) in [5.74, 6) is 0. The molecule has 0 amide bonds. The van der Waals surface area contributed by atoms with Crippen LogP contribution in [0.1, 0.15) is 0 Å². The lowest BCUT2D eigenvalue weighted by Crippen LogP contribution is -2.27. The maximum atomic E-state index is 11.0. The zero-order valence-electron chi connectivity index (χ0n) is 7.38. The van der Waals surface area contributed by atoms with Gasteiger partial charge in [-0.2, -0.15) is 0 Å². The van der Waals surface area contributed by atoms with Crippen molar-refractivity contribution in [2.75, 3.05) is 19.0 Å². The number of rotatable bonds is 2. The number of hydrogen-bond acceptors (Lipinski definition) is 2. The largest absolute Gasteiger partial charge is 0.553 e. The molecule has 13 heavy (non-hydrogen) atoms. The first-order chi connectivity index (χ1) is 5.91. The first-order valence-corrected chi connectivity index (χ1v) is 6.15. The van der Waals surface area contributed by atoms with Gasteiger partial charge in [-0.3, -0.25) is 4.89 Å². The first kappa shape index (κ1) is 10.5. The lowest BCUT2D eigenvalue weighted by molar-refractivity contribution is -0.524. The van der Waals surface area contributed by atoms with Gasteiger partial charge in [0.25, 0.3) is 0 Å². The average molecular weight is 222 g/mol. The van der Waals surface area contributed by atoms with Crippen LogP contribution in [0, 0.1) is 0 Å². The fourth-order valence-electron chi connectivity index (χ4n) is 0.873. The number of halogens is 1. The zero-order chi connectivity index (χ0) is 10.1. The fraction of sp³-hybridized carbons (Fsp3) is 0.286. The van der Waals surface area contributed by atoms with Crippen molar-refractivity contribution in [2.24, 2.45) is 0 Å². The Morgan fingerprint density at radius 3 is 2.23 bits per heavy atom. The highest BCUT2D eigenvalue weighted by atomic mass is 35.7. The molecule has 0 fully saturated rings. The quantitative estimate of drug-likeness (QED) is 0.764. The van der Waals surface area contributed by atoms with E-state index in [1.807, 2.05) is 19.0 Å². The third kappa shape index (κ3) is 2.69. The molecule has 1 aromatic heterocycles. The number of aromatic nitrogens is 1. The van der Waals surface area contributed by atoms with Gasteiger partial charge in [-0.05, 0) is 0 Å². The molecule has 1 heterocycles. The molecule has 72 valence electrons. The van der Waals surface area contributed by atoms with Crippen molar-refractivity contribution in [1.29, 1.82) is 0 Å². The van der Waals surface area contributed by atoms with Crippen molar-refractivity contribution in [2.45, 2.75) is 0 Å². The SMILES string of the molecule is CN(C)c1cc[n+](P(=O)(O)Cl)cc1. The molecule has 1 aromatic rings. The smallest absolute Gasteiger partial charge is 0.377 e. The summed E-state index contributed by atoms with van der Waals surface area (Å²) >= 11 is 5.25. The van der Waals surface area contributed by atoms with E-state index >= 15 is 0 Å². The standard InChI is InChI=1S/C7H10ClN2O2P/c1-9(2)7-3-5-10(6-4-7)13(8,11)12/h3-6H,1-2H3/p+1. The summed E-state index contributed by atoms with van der Waals surface area (Å²) in [6.45, 7) is -3.70. The van der Waals surface area contributed by atoms with Gasteiger partial charge in [-0.1, -0.05) is 0 Å². The molecule has 0 aliphatic carbocycles. The number of nitrogens with zero attached hydrogens (tertiary/aromatic N) is 2. The molecule has 1 atom stereocenters. The van der Waals surface area contributed by atoms with Gasteiger partial charge in [0.15, 0.2) is 12.4 Å². The zero-order valence-corrected chi connectivity index (χ0v) is 9.03. The van der Waals surface area contributed by atoms with Crippen LogP contribution in [0.3, 0.4) is 0 Å². The molecule has 1 rings (SSSR count). The first-order valence-electron chi connectivity index (χ1n) is 3.63. The second-order valence-corrected chi connectivity index (χ2v) is 5.53. The molecule has 4 nitrogen and oxygen atoms in total. The summed E-state index contributed by atoms with van der Waals surface area (Å²) in [6.07, 6.45) is 2.95. The van der Waals surface area contributed by atoms with Gasteiger partial charge in [0.1, 0.15) is 0 Å². The number of hydrogen-bond donors (Lipinski definition) is 1. The van der Waals surface area contributed by atoms with Gasteiger partial charge in [0.2, 0.25) is 0 Å². The summed E-state index contributed by atoms with van der Waals surface area (Å²) in [6, 6.07) is 3.43. The van der Waals surface area contributed by atoms with E-state index in [0.29, 0.717) is 0 Å². The Hall–Kier alpha value is -0.570. The third-order valence-electron chi connectivity index (χ3n) is 1.60. The van der Waals surface area contributed by atoms with Gasteiger partial charge in [-0.25, -0.2) is 4.57 Å². The Labute approximate surface area is 81.7 Å². The van der Waals surface area contributed by atoms with Crippen molar-refractivity contribution in [3.8, 4) is 0 Å². The van der Waals surface area contributed by atoms with Crippen LogP contribution in [-0.4, -0.2) is 19.0 Å². The summed E-state index contributed by atoms with van der Waals surface area (Å²) in [5, 5.41) is 0. The van der Waals surface area contributed by atoms with Crippen LogP contribution in [0.15, 0.2) is 24.5 Å². The van der Waals surface area contributed by atoms with Gasteiger partial charge in [0.05, 0.1) is 0 Å². The summed E-state index contributed by atoms with van der Waals surface area (Å²) in [5.41, 5.74) is 0.946. The van der Waals surface area contributed by atoms with E-state index in [2.05, 4.69) is 0 Å². The van der Waals surface area contributed by atoms with Gasteiger partial charge < -0.3 is 4.90 Å². The highest BCUT2D eigenvalue weighted by molar-refractivity contribution is 7.79. The van der Waals surface area contributed by atoms with Crippen molar-refractivity contribution in [3.63, 3.8) is 0 Å². The Morgan fingerprint density at radius 2 is 1.92 bits per heavy atom. The summed E-state index contributed by atoms with van der Waals surface area (Å²) in [7, 11) is 3.78. The van der Waals surface area contributed by atoms with Crippen LogP contribution in [0.25, 0.3) is 0 Å². The molecule has 0 radical (unpaired) electrons. The van der Waals surface area contributed by atoms with Crippen molar-refractivity contribution >= 4 is 23.8 Å². The summed E-state index contributed by atoms with van der Waals surface area (Å²) in [4.78, 5) is 10.9. The van der Waals surface area contributed by atoms with Crippen molar-refractivity contribution in [1.82, 2.24) is 0 Å². The molecule has 0 aromatic carbocycles. The van der Waals surface area contributed by atoms with E-state index in [9.17, 15) is 4.57 Å². The Kier molecular flexibility index (Phi) is 2.96. The molecule has 0 saturated heterocycles. The molecule has 0 spiro atoms. The maximum absolute atomic E-state index is 11.0. The molecular weight excluding hydrogens is 211 g/mol. The van der Waals surface area contributed by atoms with Crippen molar-refractivity contribution in [3.05, 3.63) is 24.5 Å². The molecule has 6 heteroatoms. The van der Waals surface area contributed by atoms with Crippen LogP contribution in [0.5, 0.6) is 0 Å². The number of anilines is 1.